The molecule has 0 aliphatic heterocycles. The van der Waals surface area contributed by atoms with E-state index in [0.717, 1.165) is 0 Å². The molecule has 1 rings (SSSR count). The van der Waals surface area contributed by atoms with E-state index in [-0.39, 0.29) is 6.61 Å². The molecule has 2 N–H and O–H groups in total. The summed E-state index contributed by atoms with van der Waals surface area (Å²) in [6.45, 7) is 3.30. The number of esters is 1. The van der Waals surface area contributed by atoms with Crippen LogP contribution in [0, 0.1) is 0 Å². The van der Waals surface area contributed by atoms with E-state index in [1.807, 2.05) is 6.92 Å². The SMILES string of the molecule is CCCOC(=O)C(NC(C)=O)C(=O)c1cc[nH]c1. The van der Waals surface area contributed by atoms with Crippen molar-refractivity contribution >= 4 is 17.7 Å². The molecular weight excluding hydrogens is 236 g/mol. The number of aromatic amines is 1. The molecule has 1 atom stereocenters. The Morgan fingerprint density at radius 1 is 1.44 bits per heavy atom. The Morgan fingerprint density at radius 2 is 2.17 bits per heavy atom. The van der Waals surface area contributed by atoms with E-state index in [1.165, 1.54) is 19.2 Å². The van der Waals surface area contributed by atoms with E-state index in [2.05, 4.69) is 10.3 Å². The maximum atomic E-state index is 12.0. The van der Waals surface area contributed by atoms with Gasteiger partial charge in [0.15, 0.2) is 11.8 Å². The third-order valence-corrected chi connectivity index (χ3v) is 2.18. The zero-order chi connectivity index (χ0) is 13.5. The van der Waals surface area contributed by atoms with Crippen molar-refractivity contribution in [1.82, 2.24) is 10.3 Å². The third-order valence-electron chi connectivity index (χ3n) is 2.18. The van der Waals surface area contributed by atoms with Crippen LogP contribution in [0.5, 0.6) is 0 Å². The standard InChI is InChI=1S/C12H16N2O4/c1-3-6-18-12(17)10(14-8(2)15)11(16)9-4-5-13-7-9/h4-5,7,10,13H,3,6H2,1-2H3,(H,14,15). The van der Waals surface area contributed by atoms with E-state index < -0.39 is 23.7 Å². The summed E-state index contributed by atoms with van der Waals surface area (Å²) in [5.74, 6) is -1.69. The summed E-state index contributed by atoms with van der Waals surface area (Å²) in [4.78, 5) is 37.5. The molecule has 18 heavy (non-hydrogen) atoms. The normalized spacial score (nSPS) is 11.7. The number of rotatable bonds is 6. The summed E-state index contributed by atoms with van der Waals surface area (Å²) in [7, 11) is 0. The molecular formula is C12H16N2O4. The van der Waals surface area contributed by atoms with Crippen LogP contribution >= 0.6 is 0 Å². The molecule has 0 fully saturated rings. The zero-order valence-corrected chi connectivity index (χ0v) is 10.4. The van der Waals surface area contributed by atoms with Gasteiger partial charge in [0.1, 0.15) is 0 Å². The topological polar surface area (TPSA) is 88.3 Å². The highest BCUT2D eigenvalue weighted by Gasteiger charge is 2.29. The predicted octanol–water partition coefficient (Wildman–Crippen LogP) is 0.655. The fourth-order valence-electron chi connectivity index (χ4n) is 1.36. The first-order valence-electron chi connectivity index (χ1n) is 5.67. The second-order valence-corrected chi connectivity index (χ2v) is 3.76. The van der Waals surface area contributed by atoms with E-state index in [9.17, 15) is 14.4 Å². The van der Waals surface area contributed by atoms with Gasteiger partial charge in [0.2, 0.25) is 5.91 Å². The molecule has 1 heterocycles. The third kappa shape index (κ3) is 3.73. The highest BCUT2D eigenvalue weighted by Crippen LogP contribution is 2.04. The van der Waals surface area contributed by atoms with E-state index >= 15 is 0 Å². The lowest BCUT2D eigenvalue weighted by atomic mass is 10.1. The van der Waals surface area contributed by atoms with E-state index in [1.54, 1.807) is 6.20 Å². The maximum absolute atomic E-state index is 12.0. The lowest BCUT2D eigenvalue weighted by Gasteiger charge is -2.14. The first-order chi connectivity index (χ1) is 8.56. The summed E-state index contributed by atoms with van der Waals surface area (Å²) >= 11 is 0. The minimum Gasteiger partial charge on any atom is -0.464 e. The number of carbonyl (C=O) groups is 3. The van der Waals surface area contributed by atoms with Crippen molar-refractivity contribution in [3.63, 3.8) is 0 Å². The molecule has 0 aliphatic rings. The van der Waals surface area contributed by atoms with Gasteiger partial charge in [-0.05, 0) is 12.5 Å². The van der Waals surface area contributed by atoms with Crippen LogP contribution in [-0.4, -0.2) is 35.3 Å². The number of hydrogen-bond donors (Lipinski definition) is 2. The molecule has 0 saturated carbocycles. The molecule has 0 spiro atoms. The van der Waals surface area contributed by atoms with Crippen LogP contribution in [-0.2, 0) is 14.3 Å². The summed E-state index contributed by atoms with van der Waals surface area (Å²) in [5, 5.41) is 2.30. The molecule has 0 aliphatic carbocycles. The average Bonchev–Trinajstić information content (AvgIpc) is 2.85. The van der Waals surface area contributed by atoms with Crippen molar-refractivity contribution < 1.29 is 19.1 Å². The fourth-order valence-corrected chi connectivity index (χ4v) is 1.36. The average molecular weight is 252 g/mol. The quantitative estimate of drug-likeness (QED) is 0.442. The molecule has 1 amide bonds. The predicted molar refractivity (Wildman–Crippen MR) is 64.0 cm³/mol. The number of amides is 1. The molecule has 1 unspecified atom stereocenters. The van der Waals surface area contributed by atoms with Crippen molar-refractivity contribution in [3.8, 4) is 0 Å². The highest BCUT2D eigenvalue weighted by atomic mass is 16.5. The molecule has 1 aromatic heterocycles. The summed E-state index contributed by atoms with van der Waals surface area (Å²) < 4.78 is 4.89. The van der Waals surface area contributed by atoms with Crippen molar-refractivity contribution in [1.29, 1.82) is 0 Å². The highest BCUT2D eigenvalue weighted by molar-refractivity contribution is 6.13. The van der Waals surface area contributed by atoms with E-state index in [4.69, 9.17) is 4.74 Å². The van der Waals surface area contributed by atoms with Gasteiger partial charge in [0, 0.05) is 24.9 Å². The van der Waals surface area contributed by atoms with Gasteiger partial charge in [0.05, 0.1) is 6.61 Å². The lowest BCUT2D eigenvalue weighted by Crippen LogP contribution is -2.46. The van der Waals surface area contributed by atoms with Gasteiger partial charge in [-0.15, -0.1) is 0 Å². The number of hydrogen-bond acceptors (Lipinski definition) is 4. The van der Waals surface area contributed by atoms with Gasteiger partial charge in [0.25, 0.3) is 0 Å². The van der Waals surface area contributed by atoms with Crippen LogP contribution in [0.3, 0.4) is 0 Å². The Balaban J connectivity index is 2.80. The minimum atomic E-state index is -1.29. The molecule has 6 heteroatoms. The van der Waals surface area contributed by atoms with Crippen LogP contribution < -0.4 is 5.32 Å². The maximum Gasteiger partial charge on any atom is 0.336 e. The van der Waals surface area contributed by atoms with Crippen LogP contribution in [0.25, 0.3) is 0 Å². The van der Waals surface area contributed by atoms with Crippen LogP contribution in [0.4, 0.5) is 0 Å². The van der Waals surface area contributed by atoms with Crippen molar-refractivity contribution in [2.24, 2.45) is 0 Å². The number of carbonyl (C=O) groups excluding carboxylic acids is 3. The largest absolute Gasteiger partial charge is 0.464 e. The van der Waals surface area contributed by atoms with Gasteiger partial charge < -0.3 is 15.0 Å². The Kier molecular flexibility index (Phi) is 5.10. The Bertz CT molecular complexity index is 425. The van der Waals surface area contributed by atoms with Gasteiger partial charge in [-0.2, -0.15) is 0 Å². The number of H-pyrrole nitrogens is 1. The summed E-state index contributed by atoms with van der Waals surface area (Å²) in [6.07, 6.45) is 3.68. The van der Waals surface area contributed by atoms with Crippen molar-refractivity contribution in [2.75, 3.05) is 6.61 Å². The number of nitrogens with one attached hydrogen (secondary N) is 2. The molecule has 0 bridgehead atoms. The Labute approximate surface area is 105 Å². The number of ether oxygens (including phenoxy) is 1. The second kappa shape index (κ2) is 6.58. The van der Waals surface area contributed by atoms with Crippen LogP contribution in [0.2, 0.25) is 0 Å². The van der Waals surface area contributed by atoms with E-state index in [0.29, 0.717) is 12.0 Å². The first kappa shape index (κ1) is 14.0. The second-order valence-electron chi connectivity index (χ2n) is 3.76. The Hall–Kier alpha value is -2.11. The van der Waals surface area contributed by atoms with Crippen molar-refractivity contribution in [2.45, 2.75) is 26.3 Å². The summed E-state index contributed by atoms with van der Waals surface area (Å²) in [5.41, 5.74) is 0.321. The van der Waals surface area contributed by atoms with Crippen LogP contribution in [0.15, 0.2) is 18.5 Å². The fraction of sp³-hybridized carbons (Fsp3) is 0.417. The monoisotopic (exact) mass is 252 g/mol. The Morgan fingerprint density at radius 3 is 2.67 bits per heavy atom. The smallest absolute Gasteiger partial charge is 0.336 e. The summed E-state index contributed by atoms with van der Waals surface area (Å²) in [6, 6.07) is 0.245. The molecule has 1 aromatic rings. The lowest BCUT2D eigenvalue weighted by molar-refractivity contribution is -0.146. The number of ketones is 1. The molecule has 6 nitrogen and oxygen atoms in total. The number of aromatic nitrogens is 1. The van der Waals surface area contributed by atoms with Gasteiger partial charge in [-0.3, -0.25) is 9.59 Å². The van der Waals surface area contributed by atoms with Crippen LogP contribution in [0.1, 0.15) is 30.6 Å². The van der Waals surface area contributed by atoms with Gasteiger partial charge >= 0.3 is 5.97 Å². The van der Waals surface area contributed by atoms with Gasteiger partial charge in [-0.1, -0.05) is 6.92 Å². The minimum absolute atomic E-state index is 0.218. The molecule has 0 radical (unpaired) electrons. The van der Waals surface area contributed by atoms with Crippen molar-refractivity contribution in [3.05, 3.63) is 24.0 Å². The van der Waals surface area contributed by atoms with Gasteiger partial charge in [-0.25, -0.2) is 4.79 Å². The molecule has 0 aromatic carbocycles. The first-order valence-corrected chi connectivity index (χ1v) is 5.67. The molecule has 0 saturated heterocycles. The number of Topliss-reactive ketones (excluding diaryl/α,β-unsaturated/α-hetero) is 1. The molecule has 98 valence electrons. The zero-order valence-electron chi connectivity index (χ0n) is 10.4.